The van der Waals surface area contributed by atoms with Crippen LogP contribution in [0.3, 0.4) is 0 Å². The highest BCUT2D eigenvalue weighted by molar-refractivity contribution is 4.97. The van der Waals surface area contributed by atoms with Crippen molar-refractivity contribution in [3.05, 3.63) is 0 Å². The van der Waals surface area contributed by atoms with Crippen LogP contribution in [-0.4, -0.2) is 36.1 Å². The van der Waals surface area contributed by atoms with E-state index in [4.69, 9.17) is 0 Å². The van der Waals surface area contributed by atoms with Crippen molar-refractivity contribution in [2.75, 3.05) is 19.6 Å². The largest absolute Gasteiger partial charge is 0.310 e. The van der Waals surface area contributed by atoms with Gasteiger partial charge in [-0.15, -0.1) is 0 Å². The van der Waals surface area contributed by atoms with E-state index in [-0.39, 0.29) is 0 Å². The first-order valence-corrected chi connectivity index (χ1v) is 8.77. The Morgan fingerprint density at radius 1 is 1.00 bits per heavy atom. The van der Waals surface area contributed by atoms with Gasteiger partial charge >= 0.3 is 0 Å². The molecule has 1 heterocycles. The maximum Gasteiger partial charge on any atom is 0.0308 e. The summed E-state index contributed by atoms with van der Waals surface area (Å²) in [4.78, 5) is 2.88. The molecule has 0 aromatic rings. The first kappa shape index (κ1) is 13.9. The van der Waals surface area contributed by atoms with E-state index in [0.29, 0.717) is 5.54 Å². The lowest BCUT2D eigenvalue weighted by Crippen LogP contribution is -2.54. The highest BCUT2D eigenvalue weighted by atomic mass is 15.2. The van der Waals surface area contributed by atoms with Crippen LogP contribution < -0.4 is 5.32 Å². The number of nitrogens with zero attached hydrogens (tertiary/aromatic N) is 1. The Morgan fingerprint density at radius 2 is 1.84 bits per heavy atom. The van der Waals surface area contributed by atoms with Crippen molar-refractivity contribution in [3.63, 3.8) is 0 Å². The fourth-order valence-electron chi connectivity index (χ4n) is 4.77. The summed E-state index contributed by atoms with van der Waals surface area (Å²) < 4.78 is 0. The zero-order valence-corrected chi connectivity index (χ0v) is 12.8. The van der Waals surface area contributed by atoms with Crippen molar-refractivity contribution in [2.45, 2.75) is 82.7 Å². The van der Waals surface area contributed by atoms with Gasteiger partial charge in [0, 0.05) is 18.1 Å². The molecule has 3 aliphatic rings. The molecule has 0 aromatic carbocycles. The van der Waals surface area contributed by atoms with Crippen molar-refractivity contribution in [1.82, 2.24) is 10.2 Å². The average Bonchev–Trinajstić information content (AvgIpc) is 2.63. The third-order valence-electron chi connectivity index (χ3n) is 5.86. The number of hydrogen-bond acceptors (Lipinski definition) is 2. The topological polar surface area (TPSA) is 15.3 Å². The maximum atomic E-state index is 3.94. The number of rotatable bonds is 1. The second-order valence-electron chi connectivity index (χ2n) is 7.52. The van der Waals surface area contributed by atoms with Crippen molar-refractivity contribution in [2.24, 2.45) is 5.92 Å². The monoisotopic (exact) mass is 264 g/mol. The van der Waals surface area contributed by atoms with Gasteiger partial charge in [-0.05, 0) is 51.1 Å². The van der Waals surface area contributed by atoms with Crippen molar-refractivity contribution >= 4 is 0 Å². The Labute approximate surface area is 119 Å². The molecule has 2 atom stereocenters. The fraction of sp³-hybridized carbons (Fsp3) is 1.00. The molecule has 0 bridgehead atoms. The quantitative estimate of drug-likeness (QED) is 0.779. The minimum absolute atomic E-state index is 0.482. The summed E-state index contributed by atoms with van der Waals surface area (Å²) in [6.45, 7) is 6.38. The molecule has 2 unspecified atom stereocenters. The third-order valence-corrected chi connectivity index (χ3v) is 5.86. The van der Waals surface area contributed by atoms with Crippen molar-refractivity contribution in [3.8, 4) is 0 Å². The first-order valence-electron chi connectivity index (χ1n) is 8.77. The third kappa shape index (κ3) is 3.33. The molecular weight excluding hydrogens is 232 g/mol. The molecule has 1 saturated heterocycles. The lowest BCUT2D eigenvalue weighted by Gasteiger charge is -2.43. The Balaban J connectivity index is 1.66. The van der Waals surface area contributed by atoms with Crippen LogP contribution in [0.2, 0.25) is 0 Å². The van der Waals surface area contributed by atoms with Gasteiger partial charge in [-0.1, -0.05) is 39.0 Å². The van der Waals surface area contributed by atoms with Crippen LogP contribution in [0.4, 0.5) is 0 Å². The molecule has 110 valence electrons. The lowest BCUT2D eigenvalue weighted by molar-refractivity contribution is 0.0941. The van der Waals surface area contributed by atoms with E-state index < -0.39 is 0 Å². The molecule has 2 nitrogen and oxygen atoms in total. The van der Waals surface area contributed by atoms with E-state index in [1.807, 2.05) is 0 Å². The summed E-state index contributed by atoms with van der Waals surface area (Å²) in [5.41, 5.74) is 0.482. The summed E-state index contributed by atoms with van der Waals surface area (Å²) in [6.07, 6.45) is 14.4. The molecule has 0 radical (unpaired) electrons. The molecular formula is C17H32N2. The smallest absolute Gasteiger partial charge is 0.0308 e. The van der Waals surface area contributed by atoms with Crippen LogP contribution in [0, 0.1) is 5.92 Å². The fourth-order valence-corrected chi connectivity index (χ4v) is 4.77. The van der Waals surface area contributed by atoms with E-state index >= 15 is 0 Å². The van der Waals surface area contributed by atoms with Gasteiger partial charge in [0.1, 0.15) is 0 Å². The second kappa shape index (κ2) is 6.13. The predicted octanol–water partition coefficient (Wildman–Crippen LogP) is 3.56. The SMILES string of the molecule is CC1CCCC(N2CCCNC3(CCCCC3)C2)C1. The first-order chi connectivity index (χ1) is 9.27. The van der Waals surface area contributed by atoms with Crippen LogP contribution >= 0.6 is 0 Å². The van der Waals surface area contributed by atoms with Crippen LogP contribution in [0.1, 0.15) is 71.1 Å². The van der Waals surface area contributed by atoms with Crippen LogP contribution in [-0.2, 0) is 0 Å². The molecule has 0 amide bonds. The molecule has 2 aliphatic carbocycles. The standard InChI is InChI=1S/C17H32N2/c1-15-7-5-8-16(13-15)19-12-6-11-18-17(14-19)9-3-2-4-10-17/h15-16,18H,2-14H2,1H3. The average molecular weight is 264 g/mol. The van der Waals surface area contributed by atoms with Gasteiger partial charge in [-0.25, -0.2) is 0 Å². The minimum atomic E-state index is 0.482. The van der Waals surface area contributed by atoms with E-state index in [1.165, 1.54) is 83.8 Å². The lowest BCUT2D eigenvalue weighted by atomic mass is 9.80. The Hall–Kier alpha value is -0.0800. The van der Waals surface area contributed by atoms with Crippen molar-refractivity contribution in [1.29, 1.82) is 0 Å². The minimum Gasteiger partial charge on any atom is -0.310 e. The molecule has 19 heavy (non-hydrogen) atoms. The molecule has 0 aromatic heterocycles. The maximum absolute atomic E-state index is 3.94. The normalized spacial score (nSPS) is 37.1. The Kier molecular flexibility index (Phi) is 4.48. The molecule has 1 spiro atoms. The summed E-state index contributed by atoms with van der Waals surface area (Å²) in [6, 6.07) is 0.891. The van der Waals surface area contributed by atoms with Gasteiger partial charge in [0.25, 0.3) is 0 Å². The summed E-state index contributed by atoms with van der Waals surface area (Å²) in [5.74, 6) is 0.956. The van der Waals surface area contributed by atoms with Gasteiger partial charge in [0.2, 0.25) is 0 Å². The van der Waals surface area contributed by atoms with E-state index in [9.17, 15) is 0 Å². The van der Waals surface area contributed by atoms with Gasteiger partial charge in [-0.3, -0.25) is 4.90 Å². The molecule has 2 heteroatoms. The van der Waals surface area contributed by atoms with Crippen LogP contribution in [0.15, 0.2) is 0 Å². The predicted molar refractivity (Wildman–Crippen MR) is 81.4 cm³/mol. The van der Waals surface area contributed by atoms with Gasteiger partial charge in [0.05, 0.1) is 0 Å². The Morgan fingerprint density at radius 3 is 2.63 bits per heavy atom. The molecule has 3 rings (SSSR count). The summed E-state index contributed by atoms with van der Waals surface area (Å²) in [5, 5.41) is 3.94. The molecule has 1 aliphatic heterocycles. The zero-order valence-electron chi connectivity index (χ0n) is 12.8. The van der Waals surface area contributed by atoms with Gasteiger partial charge in [0.15, 0.2) is 0 Å². The van der Waals surface area contributed by atoms with Crippen molar-refractivity contribution < 1.29 is 0 Å². The van der Waals surface area contributed by atoms with E-state index in [2.05, 4.69) is 17.1 Å². The van der Waals surface area contributed by atoms with Gasteiger partial charge < -0.3 is 5.32 Å². The second-order valence-corrected chi connectivity index (χ2v) is 7.52. The van der Waals surface area contributed by atoms with E-state index in [0.717, 1.165) is 12.0 Å². The Bertz CT molecular complexity index is 283. The zero-order chi connectivity index (χ0) is 13.1. The van der Waals surface area contributed by atoms with Gasteiger partial charge in [-0.2, -0.15) is 0 Å². The highest BCUT2D eigenvalue weighted by Gasteiger charge is 2.37. The molecule has 1 N–H and O–H groups in total. The molecule has 2 saturated carbocycles. The summed E-state index contributed by atoms with van der Waals surface area (Å²) in [7, 11) is 0. The number of nitrogens with one attached hydrogen (secondary N) is 1. The van der Waals surface area contributed by atoms with Crippen LogP contribution in [0.5, 0.6) is 0 Å². The van der Waals surface area contributed by atoms with E-state index in [1.54, 1.807) is 0 Å². The molecule has 3 fully saturated rings. The number of hydrogen-bond donors (Lipinski definition) is 1. The summed E-state index contributed by atoms with van der Waals surface area (Å²) >= 11 is 0. The highest BCUT2D eigenvalue weighted by Crippen LogP contribution is 2.34. The van der Waals surface area contributed by atoms with Crippen LogP contribution in [0.25, 0.3) is 0 Å².